The van der Waals surface area contributed by atoms with E-state index in [9.17, 15) is 5.11 Å². The summed E-state index contributed by atoms with van der Waals surface area (Å²) in [4.78, 5) is 2.06. The number of hydrogen-bond donors (Lipinski definition) is 1. The molecule has 0 saturated carbocycles. The fourth-order valence-electron chi connectivity index (χ4n) is 1.40. The minimum Gasteiger partial charge on any atom is -0.497 e. The van der Waals surface area contributed by atoms with Crippen molar-refractivity contribution in [3.8, 4) is 5.75 Å². The number of aliphatic hydroxyl groups is 1. The highest BCUT2D eigenvalue weighted by molar-refractivity contribution is 5.29. The summed E-state index contributed by atoms with van der Waals surface area (Å²) in [6, 6.07) is 7.57. The standard InChI is InChI=1S/C12H19NO2/c1-13(2)8-7-12(14)10-5-4-6-11(9-10)15-3/h4-6,9,12,14H,7-8H2,1-3H3. The van der Waals surface area contributed by atoms with Crippen LogP contribution in [0.5, 0.6) is 5.75 Å². The summed E-state index contributed by atoms with van der Waals surface area (Å²) in [6.45, 7) is 0.873. The lowest BCUT2D eigenvalue weighted by atomic mass is 10.1. The van der Waals surface area contributed by atoms with Crippen LogP contribution < -0.4 is 4.74 Å². The zero-order valence-electron chi connectivity index (χ0n) is 9.60. The van der Waals surface area contributed by atoms with Gasteiger partial charge in [0.15, 0.2) is 0 Å². The first-order valence-electron chi connectivity index (χ1n) is 5.10. The molecule has 1 N–H and O–H groups in total. The van der Waals surface area contributed by atoms with E-state index in [1.807, 2.05) is 38.4 Å². The molecule has 0 heterocycles. The van der Waals surface area contributed by atoms with Gasteiger partial charge < -0.3 is 14.7 Å². The maximum atomic E-state index is 9.91. The van der Waals surface area contributed by atoms with Crippen LogP contribution in [0.1, 0.15) is 18.1 Å². The predicted molar refractivity (Wildman–Crippen MR) is 61.1 cm³/mol. The van der Waals surface area contributed by atoms with E-state index in [1.54, 1.807) is 7.11 Å². The van der Waals surface area contributed by atoms with Crippen molar-refractivity contribution in [2.75, 3.05) is 27.7 Å². The molecule has 0 bridgehead atoms. The van der Waals surface area contributed by atoms with Gasteiger partial charge in [-0.25, -0.2) is 0 Å². The Morgan fingerprint density at radius 1 is 1.40 bits per heavy atom. The van der Waals surface area contributed by atoms with Crippen LogP contribution in [-0.4, -0.2) is 37.8 Å². The van der Waals surface area contributed by atoms with Crippen LogP contribution in [-0.2, 0) is 0 Å². The molecule has 0 aromatic heterocycles. The molecule has 1 aromatic carbocycles. The van der Waals surface area contributed by atoms with Gasteiger partial charge in [-0.15, -0.1) is 0 Å². The van der Waals surface area contributed by atoms with Crippen molar-refractivity contribution < 1.29 is 9.84 Å². The van der Waals surface area contributed by atoms with Gasteiger partial charge in [0.1, 0.15) is 5.75 Å². The number of aliphatic hydroxyl groups excluding tert-OH is 1. The fourth-order valence-corrected chi connectivity index (χ4v) is 1.40. The lowest BCUT2D eigenvalue weighted by molar-refractivity contribution is 0.154. The third-order valence-corrected chi connectivity index (χ3v) is 2.33. The van der Waals surface area contributed by atoms with E-state index in [1.165, 1.54) is 0 Å². The predicted octanol–water partition coefficient (Wildman–Crippen LogP) is 1.68. The molecule has 0 fully saturated rings. The number of hydrogen-bond acceptors (Lipinski definition) is 3. The van der Waals surface area contributed by atoms with E-state index in [0.29, 0.717) is 0 Å². The number of rotatable bonds is 5. The molecule has 3 nitrogen and oxygen atoms in total. The average molecular weight is 209 g/mol. The molecular weight excluding hydrogens is 190 g/mol. The van der Waals surface area contributed by atoms with Crippen LogP contribution in [0, 0.1) is 0 Å². The van der Waals surface area contributed by atoms with Gasteiger partial charge >= 0.3 is 0 Å². The van der Waals surface area contributed by atoms with Gasteiger partial charge in [-0.05, 0) is 38.2 Å². The molecular formula is C12H19NO2. The Morgan fingerprint density at radius 3 is 2.73 bits per heavy atom. The van der Waals surface area contributed by atoms with E-state index >= 15 is 0 Å². The Hall–Kier alpha value is -1.06. The van der Waals surface area contributed by atoms with Gasteiger partial charge in [-0.1, -0.05) is 12.1 Å². The molecule has 15 heavy (non-hydrogen) atoms. The van der Waals surface area contributed by atoms with E-state index in [4.69, 9.17) is 4.74 Å². The molecule has 0 aliphatic rings. The highest BCUT2D eigenvalue weighted by atomic mass is 16.5. The van der Waals surface area contributed by atoms with Gasteiger partial charge in [0.2, 0.25) is 0 Å². The van der Waals surface area contributed by atoms with Crippen molar-refractivity contribution in [2.45, 2.75) is 12.5 Å². The maximum absolute atomic E-state index is 9.91. The second-order valence-electron chi connectivity index (χ2n) is 3.88. The SMILES string of the molecule is COc1cccc(C(O)CCN(C)C)c1. The topological polar surface area (TPSA) is 32.7 Å². The second-order valence-corrected chi connectivity index (χ2v) is 3.88. The average Bonchev–Trinajstić information content (AvgIpc) is 2.26. The van der Waals surface area contributed by atoms with Gasteiger partial charge in [0, 0.05) is 6.54 Å². The van der Waals surface area contributed by atoms with E-state index < -0.39 is 6.10 Å². The van der Waals surface area contributed by atoms with Crippen molar-refractivity contribution in [3.63, 3.8) is 0 Å². The zero-order valence-corrected chi connectivity index (χ0v) is 9.60. The summed E-state index contributed by atoms with van der Waals surface area (Å²) in [5, 5.41) is 9.91. The lowest BCUT2D eigenvalue weighted by Gasteiger charge is -2.15. The minimum atomic E-state index is -0.414. The fraction of sp³-hybridized carbons (Fsp3) is 0.500. The van der Waals surface area contributed by atoms with Crippen LogP contribution in [0.3, 0.4) is 0 Å². The monoisotopic (exact) mass is 209 g/mol. The number of ether oxygens (including phenoxy) is 1. The largest absolute Gasteiger partial charge is 0.497 e. The summed E-state index contributed by atoms with van der Waals surface area (Å²) in [7, 11) is 5.63. The van der Waals surface area contributed by atoms with Crippen molar-refractivity contribution in [3.05, 3.63) is 29.8 Å². The summed E-state index contributed by atoms with van der Waals surface area (Å²) >= 11 is 0. The van der Waals surface area contributed by atoms with Crippen LogP contribution >= 0.6 is 0 Å². The first-order valence-corrected chi connectivity index (χ1v) is 5.10. The van der Waals surface area contributed by atoms with Gasteiger partial charge in [-0.3, -0.25) is 0 Å². The smallest absolute Gasteiger partial charge is 0.119 e. The maximum Gasteiger partial charge on any atom is 0.119 e. The molecule has 84 valence electrons. The van der Waals surface area contributed by atoms with Crippen molar-refractivity contribution >= 4 is 0 Å². The molecule has 3 heteroatoms. The molecule has 0 aliphatic heterocycles. The van der Waals surface area contributed by atoms with Crippen molar-refractivity contribution in [1.29, 1.82) is 0 Å². The minimum absolute atomic E-state index is 0.414. The van der Waals surface area contributed by atoms with E-state index in [0.717, 1.165) is 24.3 Å². The highest BCUT2D eigenvalue weighted by Crippen LogP contribution is 2.21. The number of methoxy groups -OCH3 is 1. The molecule has 1 atom stereocenters. The Balaban J connectivity index is 2.60. The van der Waals surface area contributed by atoms with Crippen LogP contribution in [0.2, 0.25) is 0 Å². The summed E-state index contributed by atoms with van der Waals surface area (Å²) in [5.74, 6) is 0.788. The van der Waals surface area contributed by atoms with Crippen LogP contribution in [0.25, 0.3) is 0 Å². The molecule has 1 aromatic rings. The molecule has 0 aliphatic carbocycles. The molecule has 0 saturated heterocycles. The van der Waals surface area contributed by atoms with Gasteiger partial charge in [-0.2, -0.15) is 0 Å². The Kier molecular flexibility index (Phi) is 4.59. The summed E-state index contributed by atoms with van der Waals surface area (Å²) < 4.78 is 5.11. The summed E-state index contributed by atoms with van der Waals surface area (Å²) in [5.41, 5.74) is 0.913. The third kappa shape index (κ3) is 3.90. The Bertz CT molecular complexity index is 299. The first-order chi connectivity index (χ1) is 7.13. The quantitative estimate of drug-likeness (QED) is 0.801. The molecule has 0 radical (unpaired) electrons. The molecule has 0 amide bonds. The third-order valence-electron chi connectivity index (χ3n) is 2.33. The zero-order chi connectivity index (χ0) is 11.3. The highest BCUT2D eigenvalue weighted by Gasteiger charge is 2.08. The lowest BCUT2D eigenvalue weighted by Crippen LogP contribution is -2.15. The van der Waals surface area contributed by atoms with E-state index in [-0.39, 0.29) is 0 Å². The number of benzene rings is 1. The van der Waals surface area contributed by atoms with Crippen molar-refractivity contribution in [1.82, 2.24) is 4.90 Å². The summed E-state index contributed by atoms with van der Waals surface area (Å²) in [6.07, 6.45) is 0.322. The van der Waals surface area contributed by atoms with Crippen molar-refractivity contribution in [2.24, 2.45) is 0 Å². The van der Waals surface area contributed by atoms with Gasteiger partial charge in [0.25, 0.3) is 0 Å². The Morgan fingerprint density at radius 2 is 2.13 bits per heavy atom. The van der Waals surface area contributed by atoms with Gasteiger partial charge in [0.05, 0.1) is 13.2 Å². The first kappa shape index (κ1) is 12.0. The molecule has 0 spiro atoms. The number of nitrogens with zero attached hydrogens (tertiary/aromatic N) is 1. The second kappa shape index (κ2) is 5.73. The molecule has 1 unspecified atom stereocenters. The van der Waals surface area contributed by atoms with E-state index in [2.05, 4.69) is 4.90 Å². The van der Waals surface area contributed by atoms with Crippen LogP contribution in [0.4, 0.5) is 0 Å². The molecule has 1 rings (SSSR count). The Labute approximate surface area is 91.3 Å². The van der Waals surface area contributed by atoms with Crippen LogP contribution in [0.15, 0.2) is 24.3 Å². The normalized spacial score (nSPS) is 12.9.